The van der Waals surface area contributed by atoms with Gasteiger partial charge in [0.1, 0.15) is 24.9 Å². The predicted octanol–water partition coefficient (Wildman–Crippen LogP) is -0.235. The number of aliphatic hydroxyl groups excluding tert-OH is 3. The number of amides is 1. The summed E-state index contributed by atoms with van der Waals surface area (Å²) in [5.41, 5.74) is 0.786. The molecule has 3 aromatic rings. The molecule has 0 radical (unpaired) electrons. The number of rotatable bonds is 9. The van der Waals surface area contributed by atoms with E-state index in [-0.39, 0.29) is 33.7 Å². The maximum Gasteiger partial charge on any atom is 0.335 e. The molecule has 44 heavy (non-hydrogen) atoms. The summed E-state index contributed by atoms with van der Waals surface area (Å²) < 4.78 is 26.1. The van der Waals surface area contributed by atoms with Gasteiger partial charge in [-0.25, -0.2) is 23.9 Å². The van der Waals surface area contributed by atoms with Crippen molar-refractivity contribution in [2.45, 2.75) is 31.2 Å². The molecular formula is C26H32ClFN4O12. The third-order valence-corrected chi connectivity index (χ3v) is 6.45. The minimum absolute atomic E-state index is 0. The largest absolute Gasteiger partial charge is 0.493 e. The summed E-state index contributed by atoms with van der Waals surface area (Å²) in [5, 5.41) is 45.2. The number of benzene rings is 2. The Hall–Kier alpha value is -4.39. The van der Waals surface area contributed by atoms with E-state index in [2.05, 4.69) is 15.3 Å². The molecule has 0 bridgehead atoms. The molecule has 1 aliphatic rings. The van der Waals surface area contributed by atoms with Crippen molar-refractivity contribution < 1.29 is 64.7 Å². The van der Waals surface area contributed by atoms with Crippen molar-refractivity contribution in [3.8, 4) is 11.5 Å². The van der Waals surface area contributed by atoms with Gasteiger partial charge in [-0.3, -0.25) is 4.79 Å². The number of piperidine rings is 1. The van der Waals surface area contributed by atoms with E-state index >= 15 is 0 Å². The number of carboxylic acid groups (broad SMARTS) is 2. The van der Waals surface area contributed by atoms with E-state index in [1.807, 2.05) is 0 Å². The lowest BCUT2D eigenvalue weighted by molar-refractivity contribution is -0.165. The van der Waals surface area contributed by atoms with Crippen molar-refractivity contribution >= 4 is 51.9 Å². The zero-order chi connectivity index (χ0) is 31.0. The lowest BCUT2D eigenvalue weighted by Crippen LogP contribution is -2.42. The monoisotopic (exact) mass is 646 g/mol. The van der Waals surface area contributed by atoms with Gasteiger partial charge in [-0.1, -0.05) is 17.7 Å². The number of methoxy groups -OCH3 is 1. The molecule has 1 amide bonds. The van der Waals surface area contributed by atoms with Crippen molar-refractivity contribution in [1.82, 2.24) is 14.9 Å². The van der Waals surface area contributed by atoms with Crippen LogP contribution in [0.3, 0.4) is 0 Å². The van der Waals surface area contributed by atoms with Crippen molar-refractivity contribution in [2.75, 3.05) is 32.1 Å². The van der Waals surface area contributed by atoms with Crippen molar-refractivity contribution in [3.63, 3.8) is 0 Å². The summed E-state index contributed by atoms with van der Waals surface area (Å²) in [5.74, 6) is -3.00. The highest BCUT2D eigenvalue weighted by Crippen LogP contribution is 2.36. The van der Waals surface area contributed by atoms with Crippen LogP contribution >= 0.6 is 11.6 Å². The molecule has 2 aromatic carbocycles. The Morgan fingerprint density at radius 1 is 1.07 bits per heavy atom. The fourth-order valence-electron chi connectivity index (χ4n) is 3.92. The molecule has 2 unspecified atom stereocenters. The summed E-state index contributed by atoms with van der Waals surface area (Å²) in [6, 6.07) is 8.16. The summed E-state index contributed by atoms with van der Waals surface area (Å²) in [4.78, 5) is 41.4. The van der Waals surface area contributed by atoms with E-state index in [9.17, 15) is 18.8 Å². The third-order valence-electron chi connectivity index (χ3n) is 6.15. The minimum atomic E-state index is -2.27. The van der Waals surface area contributed by atoms with Crippen LogP contribution in [0.2, 0.25) is 5.02 Å². The molecule has 10 N–H and O–H groups in total. The van der Waals surface area contributed by atoms with Gasteiger partial charge in [0, 0.05) is 37.4 Å². The molecule has 2 heterocycles. The van der Waals surface area contributed by atoms with Gasteiger partial charge in [-0.2, -0.15) is 0 Å². The summed E-state index contributed by atoms with van der Waals surface area (Å²) in [7, 11) is 1.54. The topological polar surface area (TPSA) is 275 Å². The van der Waals surface area contributed by atoms with E-state index < -0.39 is 36.6 Å². The first-order valence-corrected chi connectivity index (χ1v) is 12.7. The second kappa shape index (κ2) is 17.0. The van der Waals surface area contributed by atoms with Gasteiger partial charge >= 0.3 is 11.9 Å². The number of hydrogen-bond acceptors (Lipinski definition) is 11. The SMILES string of the molecule is COc1cc2ncnc(Nc3cccc(Cl)c3F)c2cc1OC1CCN(C(=O)CO)CC1.O.O.O=C(O)C(O)C(O)C(=O)O. The zero-order valence-electron chi connectivity index (χ0n) is 23.1. The summed E-state index contributed by atoms with van der Waals surface area (Å²) in [6.07, 6.45) is -2.04. The fraction of sp³-hybridized carbons (Fsp3) is 0.346. The Morgan fingerprint density at radius 2 is 1.68 bits per heavy atom. The van der Waals surface area contributed by atoms with Crippen LogP contribution in [0.15, 0.2) is 36.7 Å². The van der Waals surface area contributed by atoms with Gasteiger partial charge in [0.15, 0.2) is 29.5 Å². The van der Waals surface area contributed by atoms with E-state index in [1.165, 1.54) is 19.5 Å². The van der Waals surface area contributed by atoms with E-state index in [1.54, 1.807) is 29.2 Å². The molecule has 0 aliphatic carbocycles. The Balaban J connectivity index is 0.000000700. The van der Waals surface area contributed by atoms with Gasteiger partial charge in [-0.05, 0) is 18.2 Å². The zero-order valence-corrected chi connectivity index (χ0v) is 23.9. The average Bonchev–Trinajstić information content (AvgIpc) is 2.98. The van der Waals surface area contributed by atoms with Crippen LogP contribution in [-0.2, 0) is 14.4 Å². The number of anilines is 2. The predicted molar refractivity (Wildman–Crippen MR) is 153 cm³/mol. The van der Waals surface area contributed by atoms with Crippen molar-refractivity contribution in [2.24, 2.45) is 0 Å². The van der Waals surface area contributed by atoms with Crippen LogP contribution in [0.25, 0.3) is 10.9 Å². The summed E-state index contributed by atoms with van der Waals surface area (Å²) >= 11 is 5.89. The highest BCUT2D eigenvalue weighted by molar-refractivity contribution is 6.31. The number of aromatic nitrogens is 2. The van der Waals surface area contributed by atoms with E-state index in [4.69, 9.17) is 46.6 Å². The maximum atomic E-state index is 14.4. The van der Waals surface area contributed by atoms with Crippen LogP contribution in [-0.4, -0.2) is 114 Å². The first kappa shape index (κ1) is 37.6. The number of carboxylic acids is 2. The number of nitrogens with zero attached hydrogens (tertiary/aromatic N) is 3. The molecule has 242 valence electrons. The highest BCUT2D eigenvalue weighted by Gasteiger charge is 2.29. The number of nitrogens with one attached hydrogen (secondary N) is 1. The fourth-order valence-corrected chi connectivity index (χ4v) is 4.09. The van der Waals surface area contributed by atoms with Gasteiger partial charge < -0.3 is 56.2 Å². The number of halogens is 2. The standard InChI is InChI=1S/C22H22ClFN4O4.C4H6O6.2H2O/c1-31-18-10-17-14(9-19(18)32-13-5-7-28(8-6-13)20(30)11-29)22(26-12-25-17)27-16-4-2-3-15(23)21(16)24;5-1(3(7)8)2(6)4(9)10;;/h2-4,9-10,12-13,29H,5-8,11H2,1H3,(H,25,26,27);1-2,5-6H,(H,7,8)(H,9,10);2*1H2. The number of likely N-dealkylation sites (tertiary alicyclic amines) is 1. The van der Waals surface area contributed by atoms with E-state index in [0.29, 0.717) is 54.2 Å². The molecule has 1 aliphatic heterocycles. The minimum Gasteiger partial charge on any atom is -0.493 e. The van der Waals surface area contributed by atoms with Gasteiger partial charge in [0.2, 0.25) is 5.91 Å². The number of fused-ring (bicyclic) bond motifs is 1. The average molecular weight is 647 g/mol. The lowest BCUT2D eigenvalue weighted by atomic mass is 10.1. The highest BCUT2D eigenvalue weighted by atomic mass is 35.5. The van der Waals surface area contributed by atoms with Crippen molar-refractivity contribution in [1.29, 1.82) is 0 Å². The second-order valence-electron chi connectivity index (χ2n) is 8.89. The number of aliphatic carboxylic acids is 2. The van der Waals surface area contributed by atoms with Crippen LogP contribution in [0.4, 0.5) is 15.9 Å². The molecule has 4 rings (SSSR count). The van der Waals surface area contributed by atoms with Crippen LogP contribution in [0.5, 0.6) is 11.5 Å². The number of ether oxygens (including phenoxy) is 2. The Kier molecular flexibility index (Phi) is 14.6. The van der Waals surface area contributed by atoms with Gasteiger partial charge in [0.05, 0.1) is 23.3 Å². The molecule has 1 fully saturated rings. The van der Waals surface area contributed by atoms with Gasteiger partial charge in [0.25, 0.3) is 0 Å². The number of carbonyl (C=O) groups excluding carboxylic acids is 1. The van der Waals surface area contributed by atoms with Crippen LogP contribution in [0.1, 0.15) is 12.8 Å². The van der Waals surface area contributed by atoms with Crippen molar-refractivity contribution in [3.05, 3.63) is 47.5 Å². The molecule has 16 nitrogen and oxygen atoms in total. The second-order valence-corrected chi connectivity index (χ2v) is 9.30. The molecule has 1 aromatic heterocycles. The normalized spacial score (nSPS) is 14.1. The van der Waals surface area contributed by atoms with Gasteiger partial charge in [-0.15, -0.1) is 0 Å². The molecule has 0 spiro atoms. The van der Waals surface area contributed by atoms with Crippen LogP contribution in [0, 0.1) is 5.82 Å². The Bertz CT molecular complexity index is 1420. The first-order valence-electron chi connectivity index (χ1n) is 12.4. The number of aliphatic hydroxyl groups is 3. The first-order chi connectivity index (χ1) is 20.0. The lowest BCUT2D eigenvalue weighted by Gasteiger charge is -2.32. The number of hydrogen-bond donors (Lipinski definition) is 6. The smallest absolute Gasteiger partial charge is 0.335 e. The molecular weight excluding hydrogens is 615 g/mol. The number of carbonyl (C=O) groups is 3. The molecule has 2 atom stereocenters. The molecule has 1 saturated heterocycles. The van der Waals surface area contributed by atoms with Crippen LogP contribution < -0.4 is 14.8 Å². The quantitative estimate of drug-likeness (QED) is 0.175. The molecule has 0 saturated carbocycles. The van der Waals surface area contributed by atoms with E-state index in [0.717, 1.165) is 0 Å². The Labute approximate surface area is 253 Å². The molecule has 18 heteroatoms. The Morgan fingerprint density at radius 3 is 2.23 bits per heavy atom. The summed E-state index contributed by atoms with van der Waals surface area (Å²) in [6.45, 7) is 0.515. The third kappa shape index (κ3) is 9.30. The maximum absolute atomic E-state index is 14.4.